The molecule has 0 fully saturated rings. The van der Waals surface area contributed by atoms with Gasteiger partial charge in [-0.1, -0.05) is 6.07 Å². The molecular formula is C8H9N3. The van der Waals surface area contributed by atoms with Gasteiger partial charge in [-0.15, -0.1) is 0 Å². The van der Waals surface area contributed by atoms with Crippen molar-refractivity contribution >= 4 is 11.4 Å². The van der Waals surface area contributed by atoms with E-state index in [2.05, 4.69) is 0 Å². The summed E-state index contributed by atoms with van der Waals surface area (Å²) in [5, 5.41) is 8.51. The number of rotatable bonds is 1. The molecular weight excluding hydrogens is 138 g/mol. The van der Waals surface area contributed by atoms with E-state index in [0.717, 1.165) is 5.69 Å². The molecule has 0 radical (unpaired) electrons. The standard InChI is InChI=1S/C8H9N3/c1-11(6-9)8-4-2-3-7(10)5-8/h2-5H,10H2,1H3. The van der Waals surface area contributed by atoms with Gasteiger partial charge >= 0.3 is 0 Å². The monoisotopic (exact) mass is 147 g/mol. The lowest BCUT2D eigenvalue weighted by Gasteiger charge is -2.08. The second-order valence-electron chi connectivity index (χ2n) is 2.25. The van der Waals surface area contributed by atoms with Crippen LogP contribution in [0.4, 0.5) is 11.4 Å². The van der Waals surface area contributed by atoms with Crippen molar-refractivity contribution in [3.05, 3.63) is 24.3 Å². The summed E-state index contributed by atoms with van der Waals surface area (Å²) in [6.45, 7) is 0. The van der Waals surface area contributed by atoms with E-state index in [1.165, 1.54) is 4.90 Å². The highest BCUT2D eigenvalue weighted by Crippen LogP contribution is 2.14. The highest BCUT2D eigenvalue weighted by Gasteiger charge is 1.96. The van der Waals surface area contributed by atoms with Crippen LogP contribution in [-0.2, 0) is 0 Å². The zero-order valence-electron chi connectivity index (χ0n) is 6.28. The van der Waals surface area contributed by atoms with Crippen LogP contribution in [0.2, 0.25) is 0 Å². The number of nitrogens with zero attached hydrogens (tertiary/aromatic N) is 2. The first kappa shape index (κ1) is 7.42. The smallest absolute Gasteiger partial charge is 0.183 e. The van der Waals surface area contributed by atoms with Crippen molar-refractivity contribution < 1.29 is 0 Å². The third-order valence-corrected chi connectivity index (χ3v) is 1.41. The van der Waals surface area contributed by atoms with Crippen LogP contribution < -0.4 is 10.6 Å². The van der Waals surface area contributed by atoms with Gasteiger partial charge in [0.2, 0.25) is 0 Å². The lowest BCUT2D eigenvalue weighted by atomic mass is 10.3. The Morgan fingerprint density at radius 3 is 2.82 bits per heavy atom. The molecule has 3 nitrogen and oxygen atoms in total. The minimum atomic E-state index is 0.671. The number of hydrogen-bond acceptors (Lipinski definition) is 3. The quantitative estimate of drug-likeness (QED) is 0.368. The van der Waals surface area contributed by atoms with Gasteiger partial charge in [-0.05, 0) is 18.2 Å². The molecule has 0 aliphatic heterocycles. The van der Waals surface area contributed by atoms with Crippen LogP contribution in [0.25, 0.3) is 0 Å². The van der Waals surface area contributed by atoms with E-state index in [1.54, 1.807) is 19.2 Å². The second kappa shape index (κ2) is 2.93. The van der Waals surface area contributed by atoms with Gasteiger partial charge < -0.3 is 5.73 Å². The van der Waals surface area contributed by atoms with E-state index < -0.39 is 0 Å². The summed E-state index contributed by atoms with van der Waals surface area (Å²) in [5.41, 5.74) is 7.00. The molecule has 1 aromatic carbocycles. The van der Waals surface area contributed by atoms with Gasteiger partial charge in [0, 0.05) is 12.7 Å². The van der Waals surface area contributed by atoms with Crippen LogP contribution in [0.3, 0.4) is 0 Å². The van der Waals surface area contributed by atoms with Crippen LogP contribution in [0.5, 0.6) is 0 Å². The Hall–Kier alpha value is -1.69. The number of benzene rings is 1. The topological polar surface area (TPSA) is 53.0 Å². The highest BCUT2D eigenvalue weighted by molar-refractivity contribution is 5.57. The van der Waals surface area contributed by atoms with Crippen LogP contribution in [0.1, 0.15) is 0 Å². The largest absolute Gasteiger partial charge is 0.399 e. The predicted molar refractivity (Wildman–Crippen MR) is 44.9 cm³/mol. The van der Waals surface area contributed by atoms with Crippen LogP contribution in [-0.4, -0.2) is 7.05 Å². The molecule has 0 bridgehead atoms. The maximum Gasteiger partial charge on any atom is 0.183 e. The zero-order chi connectivity index (χ0) is 8.27. The molecule has 0 aliphatic carbocycles. The average molecular weight is 147 g/mol. The minimum Gasteiger partial charge on any atom is -0.399 e. The summed E-state index contributed by atoms with van der Waals surface area (Å²) in [4.78, 5) is 1.45. The van der Waals surface area contributed by atoms with Crippen molar-refractivity contribution in [2.45, 2.75) is 0 Å². The van der Waals surface area contributed by atoms with E-state index in [0.29, 0.717) is 5.69 Å². The summed E-state index contributed by atoms with van der Waals surface area (Å²) in [7, 11) is 1.69. The molecule has 1 aromatic rings. The van der Waals surface area contributed by atoms with E-state index in [4.69, 9.17) is 11.0 Å². The fourth-order valence-corrected chi connectivity index (χ4v) is 0.791. The number of nitrogen functional groups attached to an aromatic ring is 1. The van der Waals surface area contributed by atoms with Gasteiger partial charge in [-0.2, -0.15) is 5.26 Å². The summed E-state index contributed by atoms with van der Waals surface area (Å²) in [6, 6.07) is 7.19. The molecule has 11 heavy (non-hydrogen) atoms. The highest BCUT2D eigenvalue weighted by atomic mass is 15.1. The predicted octanol–water partition coefficient (Wildman–Crippen LogP) is 1.19. The SMILES string of the molecule is CN(C#N)c1cccc(N)c1. The second-order valence-corrected chi connectivity index (χ2v) is 2.25. The van der Waals surface area contributed by atoms with E-state index in [9.17, 15) is 0 Å². The van der Waals surface area contributed by atoms with Crippen molar-refractivity contribution in [3.8, 4) is 6.19 Å². The number of hydrogen-bond donors (Lipinski definition) is 1. The zero-order valence-corrected chi connectivity index (χ0v) is 6.28. The van der Waals surface area contributed by atoms with E-state index >= 15 is 0 Å². The number of nitrogens with two attached hydrogens (primary N) is 1. The molecule has 0 saturated carbocycles. The molecule has 0 aromatic heterocycles. The molecule has 0 heterocycles. The number of nitriles is 1. The maximum absolute atomic E-state index is 8.51. The minimum absolute atomic E-state index is 0.671. The molecule has 0 atom stereocenters. The molecule has 0 unspecified atom stereocenters. The third-order valence-electron chi connectivity index (χ3n) is 1.41. The summed E-state index contributed by atoms with van der Waals surface area (Å²) in [5.74, 6) is 0. The van der Waals surface area contributed by atoms with Gasteiger partial charge in [-0.25, -0.2) is 0 Å². The van der Waals surface area contributed by atoms with Crippen molar-refractivity contribution in [1.29, 1.82) is 5.26 Å². The van der Waals surface area contributed by atoms with Crippen LogP contribution in [0.15, 0.2) is 24.3 Å². The normalized spacial score (nSPS) is 8.73. The molecule has 0 aliphatic rings. The summed E-state index contributed by atoms with van der Waals surface area (Å²) < 4.78 is 0. The molecule has 0 spiro atoms. The summed E-state index contributed by atoms with van der Waals surface area (Å²) >= 11 is 0. The van der Waals surface area contributed by atoms with Crippen LogP contribution in [0, 0.1) is 11.5 Å². The Bertz CT molecular complexity index is 288. The fraction of sp³-hybridized carbons (Fsp3) is 0.125. The van der Waals surface area contributed by atoms with Gasteiger partial charge in [-0.3, -0.25) is 4.90 Å². The fourth-order valence-electron chi connectivity index (χ4n) is 0.791. The maximum atomic E-state index is 8.51. The molecule has 0 saturated heterocycles. The lowest BCUT2D eigenvalue weighted by Crippen LogP contribution is -2.07. The molecule has 0 amide bonds. The average Bonchev–Trinajstić information content (AvgIpc) is 2.03. The Morgan fingerprint density at radius 2 is 2.27 bits per heavy atom. The van der Waals surface area contributed by atoms with E-state index in [1.807, 2.05) is 18.3 Å². The van der Waals surface area contributed by atoms with Gasteiger partial charge in [0.15, 0.2) is 6.19 Å². The molecule has 3 heteroatoms. The molecule has 1 rings (SSSR count). The lowest BCUT2D eigenvalue weighted by molar-refractivity contribution is 1.21. The van der Waals surface area contributed by atoms with E-state index in [-0.39, 0.29) is 0 Å². The van der Waals surface area contributed by atoms with Gasteiger partial charge in [0.1, 0.15) is 0 Å². The third kappa shape index (κ3) is 1.62. The van der Waals surface area contributed by atoms with Crippen molar-refractivity contribution in [2.24, 2.45) is 0 Å². The van der Waals surface area contributed by atoms with Crippen molar-refractivity contribution in [2.75, 3.05) is 17.7 Å². The Kier molecular flexibility index (Phi) is 1.98. The first-order valence-electron chi connectivity index (χ1n) is 3.23. The first-order chi connectivity index (χ1) is 5.24. The van der Waals surface area contributed by atoms with Crippen molar-refractivity contribution in [3.63, 3.8) is 0 Å². The Balaban J connectivity index is 2.98. The Morgan fingerprint density at radius 1 is 1.55 bits per heavy atom. The molecule has 2 N–H and O–H groups in total. The number of anilines is 2. The van der Waals surface area contributed by atoms with Gasteiger partial charge in [0.05, 0.1) is 5.69 Å². The molecule has 56 valence electrons. The van der Waals surface area contributed by atoms with Crippen LogP contribution >= 0.6 is 0 Å². The van der Waals surface area contributed by atoms with Crippen molar-refractivity contribution in [1.82, 2.24) is 0 Å². The summed E-state index contributed by atoms with van der Waals surface area (Å²) in [6.07, 6.45) is 1.99. The Labute approximate surface area is 65.7 Å². The first-order valence-corrected chi connectivity index (χ1v) is 3.23. The van der Waals surface area contributed by atoms with Gasteiger partial charge in [0.25, 0.3) is 0 Å².